The van der Waals surface area contributed by atoms with Gasteiger partial charge in [0.05, 0.1) is 23.9 Å². The fourth-order valence-corrected chi connectivity index (χ4v) is 6.15. The Morgan fingerprint density at radius 3 is 1.93 bits per heavy atom. The molecule has 55 heavy (non-hydrogen) atoms. The van der Waals surface area contributed by atoms with Gasteiger partial charge < -0.3 is 23.8 Å². The van der Waals surface area contributed by atoms with Gasteiger partial charge in [0.15, 0.2) is 0 Å². The Morgan fingerprint density at radius 2 is 1.35 bits per heavy atom. The van der Waals surface area contributed by atoms with Crippen LogP contribution in [0.5, 0.6) is 28.9 Å². The Kier molecular flexibility index (Phi) is 14.3. The lowest BCUT2D eigenvalue weighted by Gasteiger charge is -2.34. The average molecular weight is 759 g/mol. The van der Waals surface area contributed by atoms with Gasteiger partial charge in [0, 0.05) is 44.9 Å². The number of amides is 1. The number of hydrogen-bond acceptors (Lipinski definition) is 8. The minimum atomic E-state index is 0. The van der Waals surface area contributed by atoms with Gasteiger partial charge in [0.2, 0.25) is 11.8 Å². The third-order valence-electron chi connectivity index (χ3n) is 9.02. The van der Waals surface area contributed by atoms with Crippen molar-refractivity contribution in [2.45, 2.75) is 53.6 Å². The number of nitrogens with zero attached hydrogens (tertiary/aromatic N) is 4. The summed E-state index contributed by atoms with van der Waals surface area (Å²) in [5, 5.41) is 8.97. The molecule has 5 aromatic rings. The highest BCUT2D eigenvalue weighted by Crippen LogP contribution is 2.30. The largest absolute Gasteiger partial charge is 0.491 e. The van der Waals surface area contributed by atoms with Gasteiger partial charge in [-0.1, -0.05) is 36.4 Å². The van der Waals surface area contributed by atoms with Crippen molar-refractivity contribution in [2.75, 3.05) is 26.2 Å². The van der Waals surface area contributed by atoms with Gasteiger partial charge in [-0.05, 0) is 122 Å². The van der Waals surface area contributed by atoms with Crippen LogP contribution in [0.3, 0.4) is 0 Å². The van der Waals surface area contributed by atoms with Crippen molar-refractivity contribution in [3.63, 3.8) is 0 Å². The molecule has 1 aliphatic heterocycles. The Hall–Kier alpha value is -5.82. The molecule has 0 aliphatic carbocycles. The van der Waals surface area contributed by atoms with E-state index in [1.165, 1.54) is 5.56 Å². The highest BCUT2D eigenvalue weighted by Gasteiger charge is 2.20. The van der Waals surface area contributed by atoms with Crippen LogP contribution < -0.4 is 18.9 Å². The minimum absolute atomic E-state index is 0. The first-order valence-corrected chi connectivity index (χ1v) is 18.2. The maximum atomic E-state index is 13.1. The van der Waals surface area contributed by atoms with Crippen molar-refractivity contribution in [2.24, 2.45) is 0 Å². The van der Waals surface area contributed by atoms with E-state index in [1.54, 1.807) is 30.5 Å². The quantitative estimate of drug-likeness (QED) is 0.104. The summed E-state index contributed by atoms with van der Waals surface area (Å²) in [6, 6.07) is 33.3. The molecular formula is C45H47ClN4O5. The number of aromatic nitrogens is 1. The first-order valence-electron chi connectivity index (χ1n) is 18.2. The topological polar surface area (TPSA) is 97.2 Å². The van der Waals surface area contributed by atoms with E-state index in [2.05, 4.69) is 40.2 Å². The smallest absolute Gasteiger partial charge is 0.246 e. The monoisotopic (exact) mass is 758 g/mol. The van der Waals surface area contributed by atoms with Crippen molar-refractivity contribution < 1.29 is 23.7 Å². The molecule has 1 aromatic heterocycles. The first-order chi connectivity index (χ1) is 26.2. The van der Waals surface area contributed by atoms with Gasteiger partial charge in [0.1, 0.15) is 36.2 Å². The van der Waals surface area contributed by atoms with E-state index in [0.717, 1.165) is 64.7 Å². The molecule has 0 unspecified atom stereocenters. The maximum Gasteiger partial charge on any atom is 0.246 e. The van der Waals surface area contributed by atoms with Crippen LogP contribution in [0.2, 0.25) is 0 Å². The molecule has 10 heteroatoms. The summed E-state index contributed by atoms with van der Waals surface area (Å²) in [6.45, 7) is 12.7. The molecule has 4 aromatic carbocycles. The maximum absolute atomic E-state index is 13.1. The SMILES string of the molecule is Cc1cc(/C=C/C(=O)N2CCN(Cc3ccc(COc4ccc(OC(C)C)cc4)cc3)CC2)cc(C)c1Oc1ccc(OCc2ccc(C#N)cc2)cn1.Cl. The number of piperazine rings is 1. The highest BCUT2D eigenvalue weighted by atomic mass is 35.5. The van der Waals surface area contributed by atoms with Gasteiger partial charge in [0.25, 0.3) is 0 Å². The van der Waals surface area contributed by atoms with Gasteiger partial charge in [-0.25, -0.2) is 4.98 Å². The molecule has 6 rings (SSSR count). The molecule has 1 aliphatic rings. The van der Waals surface area contributed by atoms with E-state index in [9.17, 15) is 4.79 Å². The molecule has 0 saturated carbocycles. The molecule has 2 heterocycles. The van der Waals surface area contributed by atoms with E-state index in [1.807, 2.05) is 93.3 Å². The van der Waals surface area contributed by atoms with Crippen LogP contribution in [-0.2, 0) is 24.6 Å². The van der Waals surface area contributed by atoms with Crippen LogP contribution >= 0.6 is 12.4 Å². The Labute approximate surface area is 330 Å². The summed E-state index contributed by atoms with van der Waals surface area (Å²) in [6.07, 6.45) is 5.31. The van der Waals surface area contributed by atoms with E-state index >= 15 is 0 Å². The number of aryl methyl sites for hydroxylation is 2. The predicted molar refractivity (Wildman–Crippen MR) is 217 cm³/mol. The predicted octanol–water partition coefficient (Wildman–Crippen LogP) is 9.09. The summed E-state index contributed by atoms with van der Waals surface area (Å²) >= 11 is 0. The third kappa shape index (κ3) is 11.8. The van der Waals surface area contributed by atoms with Gasteiger partial charge in [-0.2, -0.15) is 5.26 Å². The van der Waals surface area contributed by atoms with Crippen LogP contribution in [0, 0.1) is 25.2 Å². The molecular weight excluding hydrogens is 712 g/mol. The van der Waals surface area contributed by atoms with Crippen LogP contribution in [0.1, 0.15) is 52.8 Å². The second-order valence-electron chi connectivity index (χ2n) is 13.7. The molecule has 284 valence electrons. The van der Waals surface area contributed by atoms with Crippen molar-refractivity contribution in [1.82, 2.24) is 14.8 Å². The fourth-order valence-electron chi connectivity index (χ4n) is 6.15. The molecule has 0 radical (unpaired) electrons. The van der Waals surface area contributed by atoms with E-state index < -0.39 is 0 Å². The number of rotatable bonds is 14. The molecule has 0 bridgehead atoms. The number of pyridine rings is 1. The summed E-state index contributed by atoms with van der Waals surface area (Å²) in [5.74, 6) is 3.48. The minimum Gasteiger partial charge on any atom is -0.491 e. The lowest BCUT2D eigenvalue weighted by Crippen LogP contribution is -2.47. The number of nitriles is 1. The second-order valence-corrected chi connectivity index (χ2v) is 13.7. The van der Waals surface area contributed by atoms with Gasteiger partial charge in [-0.3, -0.25) is 9.69 Å². The van der Waals surface area contributed by atoms with Crippen LogP contribution in [0.4, 0.5) is 0 Å². The zero-order chi connectivity index (χ0) is 37.9. The van der Waals surface area contributed by atoms with E-state index in [-0.39, 0.29) is 24.4 Å². The lowest BCUT2D eigenvalue weighted by molar-refractivity contribution is -0.127. The zero-order valence-electron chi connectivity index (χ0n) is 31.7. The molecule has 1 fully saturated rings. The number of carbonyl (C=O) groups is 1. The Balaban J connectivity index is 0.00000580. The number of ether oxygens (including phenoxy) is 4. The summed E-state index contributed by atoms with van der Waals surface area (Å²) < 4.78 is 23.6. The zero-order valence-corrected chi connectivity index (χ0v) is 32.6. The molecule has 1 saturated heterocycles. The van der Waals surface area contributed by atoms with Crippen molar-refractivity contribution in [1.29, 1.82) is 5.26 Å². The van der Waals surface area contributed by atoms with Crippen LogP contribution in [0.15, 0.2) is 109 Å². The number of carbonyl (C=O) groups excluding carboxylic acids is 1. The van der Waals surface area contributed by atoms with Crippen molar-refractivity contribution in [3.05, 3.63) is 148 Å². The number of halogens is 1. The summed E-state index contributed by atoms with van der Waals surface area (Å²) in [5.41, 5.74) is 6.76. The highest BCUT2D eigenvalue weighted by molar-refractivity contribution is 5.92. The Bertz CT molecular complexity index is 2050. The van der Waals surface area contributed by atoms with Crippen LogP contribution in [0.25, 0.3) is 6.08 Å². The molecule has 0 atom stereocenters. The number of benzene rings is 4. The molecule has 0 N–H and O–H groups in total. The molecule has 9 nitrogen and oxygen atoms in total. The summed E-state index contributed by atoms with van der Waals surface area (Å²) in [7, 11) is 0. The van der Waals surface area contributed by atoms with E-state index in [4.69, 9.17) is 24.2 Å². The van der Waals surface area contributed by atoms with Gasteiger partial charge >= 0.3 is 0 Å². The van der Waals surface area contributed by atoms with E-state index in [0.29, 0.717) is 43.5 Å². The Morgan fingerprint density at radius 1 is 0.782 bits per heavy atom. The van der Waals surface area contributed by atoms with Crippen molar-refractivity contribution in [3.8, 4) is 34.9 Å². The normalized spacial score (nSPS) is 12.9. The summed E-state index contributed by atoms with van der Waals surface area (Å²) in [4.78, 5) is 21.8. The van der Waals surface area contributed by atoms with Gasteiger partial charge in [-0.15, -0.1) is 12.4 Å². The average Bonchev–Trinajstić information content (AvgIpc) is 3.18. The number of hydrogen-bond donors (Lipinski definition) is 0. The standard InChI is InChI=1S/C45H46N4O5.ClH/c1-32(2)53-41-16-14-40(15-17-41)51-30-38-11-7-36(8-12-38)29-48-21-23-49(24-22-48)44(50)20-13-39-25-33(3)45(34(4)26-39)54-43-19-18-42(28-47-43)52-31-37-9-5-35(27-46)6-10-37;/h5-20,25-26,28,32H,21-24,29-31H2,1-4H3;1H/b20-13+;. The fraction of sp³-hybridized carbons (Fsp3) is 0.267. The first kappa shape index (κ1) is 40.4. The lowest BCUT2D eigenvalue weighted by atomic mass is 10.1. The molecule has 0 spiro atoms. The van der Waals surface area contributed by atoms with Crippen LogP contribution in [-0.4, -0.2) is 53.0 Å². The molecule has 1 amide bonds. The van der Waals surface area contributed by atoms with Crippen molar-refractivity contribution >= 4 is 24.4 Å². The second kappa shape index (κ2) is 19.5. The third-order valence-corrected chi connectivity index (χ3v) is 9.02.